The summed E-state index contributed by atoms with van der Waals surface area (Å²) in [7, 11) is 2.10. The molecule has 0 spiro atoms. The van der Waals surface area contributed by atoms with Crippen molar-refractivity contribution in [2.75, 3.05) is 7.05 Å². The first kappa shape index (κ1) is 9.05. The maximum Gasteiger partial charge on any atom is 0.00948 e. The average Bonchev–Trinajstić information content (AvgIpc) is 2.50. The van der Waals surface area contributed by atoms with E-state index in [1.807, 2.05) is 0 Å². The second kappa shape index (κ2) is 4.10. The Balaban J connectivity index is 2.42. The summed E-state index contributed by atoms with van der Waals surface area (Å²) in [6, 6.07) is 0.810. The standard InChI is InChI=1S/C10H21N/c1-4-8(2)9-6-5-7-10(9)11-3/h8-11H,4-7H2,1-3H3. The van der Waals surface area contributed by atoms with E-state index < -0.39 is 0 Å². The minimum absolute atomic E-state index is 0.810. The molecule has 3 unspecified atom stereocenters. The zero-order valence-electron chi connectivity index (χ0n) is 8.06. The van der Waals surface area contributed by atoms with E-state index in [0.717, 1.165) is 17.9 Å². The molecule has 0 aromatic heterocycles. The van der Waals surface area contributed by atoms with Crippen LogP contribution in [0.1, 0.15) is 39.5 Å². The molecule has 11 heavy (non-hydrogen) atoms. The highest BCUT2D eigenvalue weighted by atomic mass is 14.9. The summed E-state index contributed by atoms with van der Waals surface area (Å²) >= 11 is 0. The van der Waals surface area contributed by atoms with Gasteiger partial charge in [-0.25, -0.2) is 0 Å². The van der Waals surface area contributed by atoms with Crippen LogP contribution in [0.25, 0.3) is 0 Å². The Kier molecular flexibility index (Phi) is 3.38. The van der Waals surface area contributed by atoms with E-state index >= 15 is 0 Å². The Bertz CT molecular complexity index is 111. The van der Waals surface area contributed by atoms with Crippen LogP contribution < -0.4 is 5.32 Å². The zero-order chi connectivity index (χ0) is 8.27. The van der Waals surface area contributed by atoms with Gasteiger partial charge in [-0.15, -0.1) is 0 Å². The molecular weight excluding hydrogens is 134 g/mol. The zero-order valence-corrected chi connectivity index (χ0v) is 8.06. The molecule has 1 aliphatic carbocycles. The molecule has 1 saturated carbocycles. The van der Waals surface area contributed by atoms with Crippen LogP contribution in [0.2, 0.25) is 0 Å². The number of hydrogen-bond acceptors (Lipinski definition) is 1. The largest absolute Gasteiger partial charge is 0.317 e. The Labute approximate surface area is 70.6 Å². The van der Waals surface area contributed by atoms with Crippen LogP contribution >= 0.6 is 0 Å². The number of nitrogens with one attached hydrogen (secondary N) is 1. The third-order valence-corrected chi connectivity index (χ3v) is 3.32. The van der Waals surface area contributed by atoms with Gasteiger partial charge in [-0.3, -0.25) is 0 Å². The van der Waals surface area contributed by atoms with Crippen molar-refractivity contribution in [1.82, 2.24) is 5.32 Å². The highest BCUT2D eigenvalue weighted by Gasteiger charge is 2.28. The first-order valence-electron chi connectivity index (χ1n) is 4.96. The lowest BCUT2D eigenvalue weighted by atomic mass is 9.88. The average molecular weight is 155 g/mol. The Morgan fingerprint density at radius 2 is 2.18 bits per heavy atom. The van der Waals surface area contributed by atoms with Crippen LogP contribution in [0.5, 0.6) is 0 Å². The summed E-state index contributed by atoms with van der Waals surface area (Å²) in [5.41, 5.74) is 0. The molecule has 1 aliphatic rings. The van der Waals surface area contributed by atoms with Gasteiger partial charge in [0.05, 0.1) is 0 Å². The van der Waals surface area contributed by atoms with Crippen molar-refractivity contribution in [1.29, 1.82) is 0 Å². The highest BCUT2D eigenvalue weighted by molar-refractivity contribution is 4.84. The summed E-state index contributed by atoms with van der Waals surface area (Å²) < 4.78 is 0. The Morgan fingerprint density at radius 3 is 2.73 bits per heavy atom. The third kappa shape index (κ3) is 1.96. The minimum atomic E-state index is 0.810. The Hall–Kier alpha value is -0.0400. The lowest BCUT2D eigenvalue weighted by Crippen LogP contribution is -2.32. The molecule has 0 bridgehead atoms. The fraction of sp³-hybridized carbons (Fsp3) is 1.00. The lowest BCUT2D eigenvalue weighted by Gasteiger charge is -2.24. The van der Waals surface area contributed by atoms with E-state index in [1.165, 1.54) is 25.7 Å². The van der Waals surface area contributed by atoms with Crippen LogP contribution in [0.3, 0.4) is 0 Å². The molecule has 0 aromatic rings. The van der Waals surface area contributed by atoms with Gasteiger partial charge >= 0.3 is 0 Å². The van der Waals surface area contributed by atoms with Crippen molar-refractivity contribution in [3.05, 3.63) is 0 Å². The summed E-state index contributed by atoms with van der Waals surface area (Å²) in [5, 5.41) is 3.43. The summed E-state index contributed by atoms with van der Waals surface area (Å²) in [6.45, 7) is 4.69. The van der Waals surface area contributed by atoms with E-state index in [0.29, 0.717) is 0 Å². The van der Waals surface area contributed by atoms with Crippen molar-refractivity contribution in [2.45, 2.75) is 45.6 Å². The van der Waals surface area contributed by atoms with Crippen LogP contribution in [0.4, 0.5) is 0 Å². The van der Waals surface area contributed by atoms with Crippen molar-refractivity contribution < 1.29 is 0 Å². The van der Waals surface area contributed by atoms with Gasteiger partial charge in [0, 0.05) is 6.04 Å². The van der Waals surface area contributed by atoms with Crippen molar-refractivity contribution in [3.63, 3.8) is 0 Å². The maximum atomic E-state index is 3.43. The first-order valence-corrected chi connectivity index (χ1v) is 4.96. The summed E-state index contributed by atoms with van der Waals surface area (Å²) in [4.78, 5) is 0. The van der Waals surface area contributed by atoms with E-state index in [4.69, 9.17) is 0 Å². The van der Waals surface area contributed by atoms with Crippen LogP contribution in [0.15, 0.2) is 0 Å². The van der Waals surface area contributed by atoms with Gasteiger partial charge < -0.3 is 5.32 Å². The molecule has 1 nitrogen and oxygen atoms in total. The fourth-order valence-electron chi connectivity index (χ4n) is 2.33. The van der Waals surface area contributed by atoms with Crippen LogP contribution in [-0.4, -0.2) is 13.1 Å². The number of rotatable bonds is 3. The van der Waals surface area contributed by atoms with Gasteiger partial charge in [-0.2, -0.15) is 0 Å². The second-order valence-electron chi connectivity index (χ2n) is 3.88. The number of hydrogen-bond donors (Lipinski definition) is 1. The molecule has 66 valence electrons. The quantitative estimate of drug-likeness (QED) is 0.660. The normalized spacial score (nSPS) is 34.1. The highest BCUT2D eigenvalue weighted by Crippen LogP contribution is 2.32. The smallest absolute Gasteiger partial charge is 0.00948 e. The second-order valence-corrected chi connectivity index (χ2v) is 3.88. The monoisotopic (exact) mass is 155 g/mol. The topological polar surface area (TPSA) is 12.0 Å². The molecule has 0 aliphatic heterocycles. The van der Waals surface area contributed by atoms with Crippen LogP contribution in [-0.2, 0) is 0 Å². The van der Waals surface area contributed by atoms with E-state index in [-0.39, 0.29) is 0 Å². The molecule has 1 heteroatoms. The van der Waals surface area contributed by atoms with E-state index in [9.17, 15) is 0 Å². The Morgan fingerprint density at radius 1 is 1.45 bits per heavy atom. The van der Waals surface area contributed by atoms with Crippen molar-refractivity contribution in [3.8, 4) is 0 Å². The van der Waals surface area contributed by atoms with Gasteiger partial charge in [-0.1, -0.05) is 26.7 Å². The van der Waals surface area contributed by atoms with E-state index in [2.05, 4.69) is 26.2 Å². The molecule has 0 radical (unpaired) electrons. The molecule has 1 N–H and O–H groups in total. The SMILES string of the molecule is CCC(C)C1CCCC1NC. The van der Waals surface area contributed by atoms with E-state index in [1.54, 1.807) is 0 Å². The van der Waals surface area contributed by atoms with Gasteiger partial charge in [0.2, 0.25) is 0 Å². The predicted molar refractivity (Wildman–Crippen MR) is 49.6 cm³/mol. The molecule has 0 amide bonds. The molecule has 3 atom stereocenters. The molecule has 1 fully saturated rings. The van der Waals surface area contributed by atoms with Gasteiger partial charge in [0.1, 0.15) is 0 Å². The third-order valence-electron chi connectivity index (χ3n) is 3.32. The molecule has 0 saturated heterocycles. The predicted octanol–water partition coefficient (Wildman–Crippen LogP) is 2.42. The van der Waals surface area contributed by atoms with Gasteiger partial charge in [-0.05, 0) is 31.7 Å². The van der Waals surface area contributed by atoms with Gasteiger partial charge in [0.15, 0.2) is 0 Å². The summed E-state index contributed by atoms with van der Waals surface area (Å²) in [5.74, 6) is 1.86. The maximum absolute atomic E-state index is 3.43. The van der Waals surface area contributed by atoms with Crippen LogP contribution in [0, 0.1) is 11.8 Å². The van der Waals surface area contributed by atoms with Crippen molar-refractivity contribution >= 4 is 0 Å². The van der Waals surface area contributed by atoms with Crippen molar-refractivity contribution in [2.24, 2.45) is 11.8 Å². The fourth-order valence-corrected chi connectivity index (χ4v) is 2.33. The first-order chi connectivity index (χ1) is 5.29. The lowest BCUT2D eigenvalue weighted by molar-refractivity contribution is 0.300. The van der Waals surface area contributed by atoms with Gasteiger partial charge in [0.25, 0.3) is 0 Å². The molecule has 1 rings (SSSR count). The molecule has 0 aromatic carbocycles. The minimum Gasteiger partial charge on any atom is -0.317 e. The molecule has 0 heterocycles. The summed E-state index contributed by atoms with van der Waals surface area (Å²) in [6.07, 6.45) is 5.61. The molecular formula is C10H21N.